The summed E-state index contributed by atoms with van der Waals surface area (Å²) in [6.07, 6.45) is 2.20. The first-order chi connectivity index (χ1) is 10.8. The van der Waals surface area contributed by atoms with Crippen LogP contribution in [0.5, 0.6) is 5.75 Å². The smallest absolute Gasteiger partial charge is 0.328 e. The number of hydrogen-bond donors (Lipinski definition) is 6. The number of aliphatic carboxylic acids is 2. The lowest BCUT2D eigenvalue weighted by Crippen LogP contribution is -2.36. The van der Waals surface area contributed by atoms with Gasteiger partial charge >= 0.3 is 11.9 Å². The SMILES string of the molecule is CNC1CCc2c(ccc(O)c2N)C1O.O=C(O)C=CC(=O)O. The number of aromatic hydroxyl groups is 1. The van der Waals surface area contributed by atoms with Gasteiger partial charge in [-0.1, -0.05) is 6.07 Å². The minimum Gasteiger partial charge on any atom is -0.506 e. The third-order valence-electron chi connectivity index (χ3n) is 3.51. The molecule has 0 spiro atoms. The number of benzene rings is 1. The molecule has 2 atom stereocenters. The molecule has 0 amide bonds. The van der Waals surface area contributed by atoms with Gasteiger partial charge in [0.05, 0.1) is 11.8 Å². The second kappa shape index (κ2) is 8.16. The van der Waals surface area contributed by atoms with Crippen molar-refractivity contribution < 1.29 is 30.0 Å². The highest BCUT2D eigenvalue weighted by Crippen LogP contribution is 2.37. The second-order valence-electron chi connectivity index (χ2n) is 4.95. The van der Waals surface area contributed by atoms with Crippen LogP contribution in [0.1, 0.15) is 23.7 Å². The van der Waals surface area contributed by atoms with Crippen molar-refractivity contribution in [2.45, 2.75) is 25.0 Å². The second-order valence-corrected chi connectivity index (χ2v) is 4.95. The zero-order valence-electron chi connectivity index (χ0n) is 12.6. The summed E-state index contributed by atoms with van der Waals surface area (Å²) in [5.74, 6) is -2.41. The van der Waals surface area contributed by atoms with Crippen LogP contribution in [0, 0.1) is 0 Å². The number of likely N-dealkylation sites (N-methyl/N-ethyl adjacent to an activating group) is 1. The van der Waals surface area contributed by atoms with Crippen molar-refractivity contribution in [3.8, 4) is 5.75 Å². The van der Waals surface area contributed by atoms with E-state index in [9.17, 15) is 19.8 Å². The maximum absolute atomic E-state index is 10.0. The quantitative estimate of drug-likeness (QED) is 0.263. The Hall–Kier alpha value is -2.58. The number of phenols is 1. The third kappa shape index (κ3) is 4.97. The highest BCUT2D eigenvalue weighted by atomic mass is 16.4. The van der Waals surface area contributed by atoms with Crippen molar-refractivity contribution in [3.63, 3.8) is 0 Å². The number of nitrogens with two attached hydrogens (primary N) is 1. The first kappa shape index (κ1) is 18.5. The van der Waals surface area contributed by atoms with E-state index in [0.29, 0.717) is 17.8 Å². The zero-order chi connectivity index (χ0) is 17.6. The Bertz CT molecular complexity index is 598. The normalized spacial score (nSPS) is 19.6. The molecule has 0 bridgehead atoms. The van der Waals surface area contributed by atoms with Gasteiger partial charge in [0.2, 0.25) is 0 Å². The fraction of sp³-hybridized carbons (Fsp3) is 0.333. The molecule has 126 valence electrons. The van der Waals surface area contributed by atoms with Crippen molar-refractivity contribution in [2.24, 2.45) is 0 Å². The van der Waals surface area contributed by atoms with E-state index in [1.807, 2.05) is 7.05 Å². The zero-order valence-corrected chi connectivity index (χ0v) is 12.6. The Morgan fingerprint density at radius 3 is 2.30 bits per heavy atom. The van der Waals surface area contributed by atoms with E-state index >= 15 is 0 Å². The first-order valence-corrected chi connectivity index (χ1v) is 6.87. The maximum atomic E-state index is 10.0. The van der Waals surface area contributed by atoms with Crippen LogP contribution in [0.4, 0.5) is 5.69 Å². The summed E-state index contributed by atoms with van der Waals surface area (Å²) < 4.78 is 0. The molecule has 23 heavy (non-hydrogen) atoms. The van der Waals surface area contributed by atoms with Gasteiger partial charge in [0.25, 0.3) is 0 Å². The van der Waals surface area contributed by atoms with Crippen molar-refractivity contribution in [1.29, 1.82) is 0 Å². The molecule has 0 heterocycles. The van der Waals surface area contributed by atoms with Gasteiger partial charge in [-0.3, -0.25) is 0 Å². The summed E-state index contributed by atoms with van der Waals surface area (Å²) in [5.41, 5.74) is 7.89. The number of carboxylic acids is 2. The standard InChI is InChI=1S/C11H16N2O2.C4H4O4/c1-13-8-4-2-6-7(11(8)15)3-5-9(14)10(6)12;5-3(6)1-2-4(7)8/h3,5,8,11,13-15H,2,4,12H2,1H3;1-2H,(H,5,6)(H,7,8). The predicted octanol–water partition coefficient (Wildman–Crippen LogP) is 0.254. The summed E-state index contributed by atoms with van der Waals surface area (Å²) >= 11 is 0. The molecule has 1 aromatic carbocycles. The maximum Gasteiger partial charge on any atom is 0.328 e. The molecule has 0 saturated heterocycles. The van der Waals surface area contributed by atoms with E-state index in [-0.39, 0.29) is 11.8 Å². The molecule has 2 rings (SSSR count). The molecular weight excluding hydrogens is 304 g/mol. The van der Waals surface area contributed by atoms with Crippen LogP contribution in [0.2, 0.25) is 0 Å². The van der Waals surface area contributed by atoms with E-state index in [4.69, 9.17) is 15.9 Å². The Labute approximate surface area is 132 Å². The van der Waals surface area contributed by atoms with Gasteiger partial charge in [0.15, 0.2) is 0 Å². The van der Waals surface area contributed by atoms with Crippen LogP contribution in [-0.4, -0.2) is 45.5 Å². The molecule has 8 nitrogen and oxygen atoms in total. The number of carboxylic acid groups (broad SMARTS) is 2. The van der Waals surface area contributed by atoms with Gasteiger partial charge < -0.3 is 31.5 Å². The van der Waals surface area contributed by atoms with E-state index in [1.54, 1.807) is 6.07 Å². The summed E-state index contributed by atoms with van der Waals surface area (Å²) in [6.45, 7) is 0. The minimum absolute atomic E-state index is 0.0708. The lowest BCUT2D eigenvalue weighted by Gasteiger charge is -2.30. The topological polar surface area (TPSA) is 153 Å². The summed E-state index contributed by atoms with van der Waals surface area (Å²) in [6, 6.07) is 3.35. The van der Waals surface area contributed by atoms with Gasteiger partial charge in [0.1, 0.15) is 5.75 Å². The number of phenolic OH excluding ortho intramolecular Hbond substituents is 1. The molecule has 0 fully saturated rings. The van der Waals surface area contributed by atoms with E-state index in [0.717, 1.165) is 24.0 Å². The van der Waals surface area contributed by atoms with Crippen LogP contribution >= 0.6 is 0 Å². The number of aliphatic hydroxyl groups is 1. The summed E-state index contributed by atoms with van der Waals surface area (Å²) in [4.78, 5) is 19.1. The highest BCUT2D eigenvalue weighted by Gasteiger charge is 2.28. The molecule has 1 aromatic rings. The molecule has 1 aliphatic rings. The van der Waals surface area contributed by atoms with Crippen molar-refractivity contribution in [3.05, 3.63) is 35.4 Å². The van der Waals surface area contributed by atoms with Crippen molar-refractivity contribution in [1.82, 2.24) is 5.32 Å². The van der Waals surface area contributed by atoms with Crippen molar-refractivity contribution in [2.75, 3.05) is 12.8 Å². The fourth-order valence-electron chi connectivity index (χ4n) is 2.34. The van der Waals surface area contributed by atoms with Crippen LogP contribution < -0.4 is 11.1 Å². The van der Waals surface area contributed by atoms with Gasteiger partial charge in [0, 0.05) is 18.2 Å². The third-order valence-corrected chi connectivity index (χ3v) is 3.51. The fourth-order valence-corrected chi connectivity index (χ4v) is 2.34. The lowest BCUT2D eigenvalue weighted by molar-refractivity contribution is -0.134. The van der Waals surface area contributed by atoms with E-state index in [2.05, 4.69) is 5.32 Å². The largest absolute Gasteiger partial charge is 0.506 e. The molecule has 0 aromatic heterocycles. The summed E-state index contributed by atoms with van der Waals surface area (Å²) in [7, 11) is 1.84. The lowest BCUT2D eigenvalue weighted by atomic mass is 9.85. The summed E-state index contributed by atoms with van der Waals surface area (Å²) in [5, 5.41) is 38.2. The molecule has 0 saturated carbocycles. The number of rotatable bonds is 3. The van der Waals surface area contributed by atoms with Gasteiger partial charge in [-0.05, 0) is 37.1 Å². The van der Waals surface area contributed by atoms with Gasteiger partial charge in [-0.2, -0.15) is 0 Å². The van der Waals surface area contributed by atoms with Gasteiger partial charge in [-0.15, -0.1) is 0 Å². The van der Waals surface area contributed by atoms with Crippen LogP contribution in [-0.2, 0) is 16.0 Å². The van der Waals surface area contributed by atoms with Crippen LogP contribution in [0.15, 0.2) is 24.3 Å². The Morgan fingerprint density at radius 2 is 1.83 bits per heavy atom. The highest BCUT2D eigenvalue weighted by molar-refractivity contribution is 5.89. The monoisotopic (exact) mass is 324 g/mol. The molecular formula is C15H20N2O6. The number of aliphatic hydroxyl groups excluding tert-OH is 1. The number of nitrogen functional groups attached to an aromatic ring is 1. The molecule has 7 N–H and O–H groups in total. The van der Waals surface area contributed by atoms with E-state index < -0.39 is 18.0 Å². The van der Waals surface area contributed by atoms with E-state index in [1.165, 1.54) is 6.07 Å². The Kier molecular flexibility index (Phi) is 6.55. The van der Waals surface area contributed by atoms with Crippen LogP contribution in [0.3, 0.4) is 0 Å². The molecule has 2 unspecified atom stereocenters. The average Bonchev–Trinajstić information content (AvgIpc) is 2.50. The molecule has 0 aliphatic heterocycles. The average molecular weight is 324 g/mol. The molecule has 8 heteroatoms. The Morgan fingerprint density at radius 1 is 1.26 bits per heavy atom. The number of carbonyl (C=O) groups is 2. The number of hydrogen-bond acceptors (Lipinski definition) is 6. The first-order valence-electron chi connectivity index (χ1n) is 6.87. The number of fused-ring (bicyclic) bond motifs is 1. The van der Waals surface area contributed by atoms with Crippen molar-refractivity contribution >= 4 is 17.6 Å². The molecule has 0 radical (unpaired) electrons. The predicted molar refractivity (Wildman–Crippen MR) is 83.1 cm³/mol. The Balaban J connectivity index is 0.000000284. The molecule has 1 aliphatic carbocycles. The minimum atomic E-state index is -1.26. The van der Waals surface area contributed by atoms with Gasteiger partial charge in [-0.25, -0.2) is 9.59 Å². The van der Waals surface area contributed by atoms with Crippen LogP contribution in [0.25, 0.3) is 0 Å². The number of nitrogens with one attached hydrogen (secondary N) is 1. The number of anilines is 1.